The van der Waals surface area contributed by atoms with Crippen molar-refractivity contribution in [1.82, 2.24) is 4.57 Å². The van der Waals surface area contributed by atoms with Crippen LogP contribution in [0.5, 0.6) is 0 Å². The smallest absolute Gasteiger partial charge is 0.182 e. The molecule has 0 amide bonds. The van der Waals surface area contributed by atoms with Gasteiger partial charge in [-0.3, -0.25) is 4.99 Å². The molecular weight excluding hydrogens is 755 g/mol. The highest BCUT2D eigenvalue weighted by Gasteiger charge is 2.51. The van der Waals surface area contributed by atoms with Crippen molar-refractivity contribution in [3.8, 4) is 16.8 Å². The van der Waals surface area contributed by atoms with E-state index in [0.29, 0.717) is 17.4 Å². The Labute approximate surface area is 355 Å². The van der Waals surface area contributed by atoms with Gasteiger partial charge in [0.05, 0.1) is 33.6 Å². The van der Waals surface area contributed by atoms with E-state index in [2.05, 4.69) is 122 Å². The Hall–Kier alpha value is -5.72. The Bertz CT molecular complexity index is 2860. The van der Waals surface area contributed by atoms with Crippen LogP contribution in [0.1, 0.15) is 97.7 Å². The molecule has 2 heterocycles. The van der Waals surface area contributed by atoms with Crippen molar-refractivity contribution >= 4 is 38.2 Å². The summed E-state index contributed by atoms with van der Waals surface area (Å²) in [6.45, 7) is 4.99. The fourth-order valence-electron chi connectivity index (χ4n) is 11.0. The summed E-state index contributed by atoms with van der Waals surface area (Å²) >= 11 is 0. The van der Waals surface area contributed by atoms with E-state index < -0.39 is 9.84 Å². The molecule has 6 heteroatoms. The molecule has 1 aromatic heterocycles. The first-order chi connectivity index (χ1) is 29.3. The van der Waals surface area contributed by atoms with Crippen LogP contribution in [0.25, 0.3) is 39.5 Å². The van der Waals surface area contributed by atoms with Crippen LogP contribution < -0.4 is 5.73 Å². The third-order valence-electron chi connectivity index (χ3n) is 13.7. The maximum Gasteiger partial charge on any atom is 0.182 e. The number of sulfone groups is 1. The van der Waals surface area contributed by atoms with E-state index in [1.54, 1.807) is 0 Å². The summed E-state index contributed by atoms with van der Waals surface area (Å²) in [5, 5.41) is 0.874. The molecule has 302 valence electrons. The largest absolute Gasteiger partial charge is 0.398 e. The summed E-state index contributed by atoms with van der Waals surface area (Å²) in [5.74, 6) is 0.879. The molecule has 3 aliphatic carbocycles. The molecule has 0 bridgehead atoms. The average Bonchev–Trinajstić information content (AvgIpc) is 3.73. The van der Waals surface area contributed by atoms with Gasteiger partial charge < -0.3 is 10.3 Å². The zero-order valence-corrected chi connectivity index (χ0v) is 35.4. The molecule has 3 unspecified atom stereocenters. The summed E-state index contributed by atoms with van der Waals surface area (Å²) in [6.07, 6.45) is 16.3. The number of aliphatic imine (C=N–C) groups is 1. The highest BCUT2D eigenvalue weighted by atomic mass is 32.2. The third-order valence-corrected chi connectivity index (χ3v) is 16.2. The van der Waals surface area contributed by atoms with Crippen LogP contribution in [0.4, 0.5) is 0 Å². The molecule has 1 fully saturated rings. The highest BCUT2D eigenvalue weighted by Crippen LogP contribution is 2.54. The zero-order valence-electron chi connectivity index (χ0n) is 34.6. The Morgan fingerprint density at radius 2 is 1.63 bits per heavy atom. The predicted molar refractivity (Wildman–Crippen MR) is 248 cm³/mol. The van der Waals surface area contributed by atoms with Gasteiger partial charge in [-0.05, 0) is 114 Å². The van der Waals surface area contributed by atoms with Crippen LogP contribution in [0.2, 0.25) is 0 Å². The number of hydrogen-bond acceptors (Lipinski definition) is 4. The van der Waals surface area contributed by atoms with Crippen LogP contribution in [0.15, 0.2) is 155 Å². The van der Waals surface area contributed by atoms with E-state index in [0.717, 1.165) is 82.7 Å². The van der Waals surface area contributed by atoms with Crippen LogP contribution in [-0.2, 0) is 22.8 Å². The van der Waals surface area contributed by atoms with E-state index in [1.807, 2.05) is 42.5 Å². The standard InChI is InChI=1S/C54H53N3O2S/c1-35-29-36(2)53-47(30-35)45-24-14-23-44(54(45)60(53,58)59)42-21-9-11-25-50(42)57-51-26-12-10-22-43(51)46-32-41(27-28-52(46)57)40-20-13-15-37(31-40)34-56-49(39-18-7-4-8-19-39)33-48(55)38-16-5-3-6-17-38/h3,5-6,9-18,20-28,31,33,35-36,41,47,53H,4,7-8,19,29-30,32,34,55H2,1-2H3/b48-33-,56-49+/t35-,36+,41?,47?,53?/m0/s1. The van der Waals surface area contributed by atoms with E-state index in [1.165, 1.54) is 40.5 Å². The van der Waals surface area contributed by atoms with Crippen molar-refractivity contribution in [3.05, 3.63) is 179 Å². The summed E-state index contributed by atoms with van der Waals surface area (Å²) in [6, 6.07) is 42.3. The predicted octanol–water partition coefficient (Wildman–Crippen LogP) is 12.4. The van der Waals surface area contributed by atoms with Gasteiger partial charge in [0.15, 0.2) is 9.84 Å². The quantitative estimate of drug-likeness (QED) is 0.156. The van der Waals surface area contributed by atoms with Crippen LogP contribution >= 0.6 is 0 Å². The summed E-state index contributed by atoms with van der Waals surface area (Å²) in [5.41, 5.74) is 20.5. The van der Waals surface area contributed by atoms with Gasteiger partial charge in [0.25, 0.3) is 0 Å². The molecule has 2 N–H and O–H groups in total. The second-order valence-electron chi connectivity index (χ2n) is 17.7. The minimum absolute atomic E-state index is 0.0489. The molecule has 0 saturated heterocycles. The Balaban J connectivity index is 0.999. The molecule has 1 saturated carbocycles. The lowest BCUT2D eigenvalue weighted by molar-refractivity contribution is 0.276. The summed E-state index contributed by atoms with van der Waals surface area (Å²) in [4.78, 5) is 5.76. The molecule has 6 aromatic rings. The number of nitrogens with zero attached hydrogens (tertiary/aromatic N) is 2. The molecule has 0 spiro atoms. The Kier molecular flexibility index (Phi) is 10.1. The van der Waals surface area contributed by atoms with Gasteiger partial charge in [-0.1, -0.05) is 135 Å². The zero-order chi connectivity index (χ0) is 41.0. The lowest BCUT2D eigenvalue weighted by Crippen LogP contribution is -2.35. The Morgan fingerprint density at radius 1 is 0.850 bits per heavy atom. The van der Waals surface area contributed by atoms with Crippen molar-refractivity contribution in [3.63, 3.8) is 0 Å². The number of nitrogens with two attached hydrogens (primary N) is 1. The SMILES string of the molecule is C[C@@H]1CC2c3cccc(-c4ccccc4-n4c5c(c6ccccc64)CC(c4cccc(C/N=C(\C=C(/N)c6ccccc6)C6=CCCCC6)c4)C=C5)c3S(=O)(=O)C2[C@H](C)C1. The van der Waals surface area contributed by atoms with Gasteiger partial charge in [0.1, 0.15) is 0 Å². The van der Waals surface area contributed by atoms with Crippen LogP contribution in [0, 0.1) is 11.8 Å². The monoisotopic (exact) mass is 807 g/mol. The fraction of sp³-hybridized carbons (Fsp3) is 0.278. The molecule has 5 atom stereocenters. The average molecular weight is 808 g/mol. The van der Waals surface area contributed by atoms with Crippen LogP contribution in [0.3, 0.4) is 0 Å². The first-order valence-corrected chi connectivity index (χ1v) is 23.4. The summed E-state index contributed by atoms with van der Waals surface area (Å²) in [7, 11) is -3.52. The van der Waals surface area contributed by atoms with Crippen molar-refractivity contribution < 1.29 is 8.42 Å². The lowest BCUT2D eigenvalue weighted by Gasteiger charge is -2.34. The second-order valence-corrected chi connectivity index (χ2v) is 19.7. The van der Waals surface area contributed by atoms with Gasteiger partial charge in [-0.15, -0.1) is 0 Å². The second kappa shape index (κ2) is 15.7. The first-order valence-electron chi connectivity index (χ1n) is 21.9. The first kappa shape index (κ1) is 38.5. The van der Waals surface area contributed by atoms with E-state index in [4.69, 9.17) is 10.7 Å². The maximum absolute atomic E-state index is 14.6. The van der Waals surface area contributed by atoms with Crippen molar-refractivity contribution in [2.24, 2.45) is 22.6 Å². The van der Waals surface area contributed by atoms with E-state index in [9.17, 15) is 8.42 Å². The fourth-order valence-corrected chi connectivity index (χ4v) is 13.8. The molecule has 0 radical (unpaired) electrons. The van der Waals surface area contributed by atoms with Gasteiger partial charge in [-0.2, -0.15) is 0 Å². The molecule has 60 heavy (non-hydrogen) atoms. The van der Waals surface area contributed by atoms with Crippen molar-refractivity contribution in [2.45, 2.75) is 87.3 Å². The molecule has 10 rings (SSSR count). The topological polar surface area (TPSA) is 77.5 Å². The molecule has 5 nitrogen and oxygen atoms in total. The molecule has 1 aliphatic heterocycles. The number of benzene rings is 5. The normalized spacial score (nSPS) is 23.5. The van der Waals surface area contributed by atoms with Gasteiger partial charge in [-0.25, -0.2) is 8.42 Å². The van der Waals surface area contributed by atoms with Gasteiger partial charge in [0.2, 0.25) is 0 Å². The molecule has 4 aliphatic rings. The third kappa shape index (κ3) is 6.79. The number of hydrogen-bond donors (Lipinski definition) is 1. The number of fused-ring (bicyclic) bond motifs is 6. The Morgan fingerprint density at radius 3 is 2.48 bits per heavy atom. The van der Waals surface area contributed by atoms with Gasteiger partial charge in [0, 0.05) is 39.7 Å². The van der Waals surface area contributed by atoms with Gasteiger partial charge >= 0.3 is 0 Å². The van der Waals surface area contributed by atoms with E-state index >= 15 is 0 Å². The summed E-state index contributed by atoms with van der Waals surface area (Å²) < 4.78 is 31.5. The minimum Gasteiger partial charge on any atom is -0.398 e. The lowest BCUT2D eigenvalue weighted by atomic mass is 9.73. The van der Waals surface area contributed by atoms with Crippen LogP contribution in [-0.4, -0.2) is 23.9 Å². The number of para-hydroxylation sites is 2. The number of aromatic nitrogens is 1. The minimum atomic E-state index is -3.52. The van der Waals surface area contributed by atoms with Crippen molar-refractivity contribution in [2.75, 3.05) is 0 Å². The maximum atomic E-state index is 14.6. The van der Waals surface area contributed by atoms with Crippen molar-refractivity contribution in [1.29, 1.82) is 0 Å². The highest BCUT2D eigenvalue weighted by molar-refractivity contribution is 7.92. The van der Waals surface area contributed by atoms with E-state index in [-0.39, 0.29) is 23.0 Å². The molecular formula is C54H53N3O2S. The number of allylic oxidation sites excluding steroid dienone is 4. The molecule has 5 aromatic carbocycles. The number of rotatable bonds is 8.